The fraction of sp³-hybridized carbons (Fsp3) is 0.769. The normalized spacial score (nSPS) is 12.2. The second-order valence-corrected chi connectivity index (χ2v) is 4.59. The lowest BCUT2D eigenvalue weighted by atomic mass is 10.1. The van der Waals surface area contributed by atoms with Crippen molar-refractivity contribution < 1.29 is 9.53 Å². The molecule has 1 atom stereocenters. The van der Waals surface area contributed by atoms with Crippen molar-refractivity contribution in [1.29, 1.82) is 0 Å². The van der Waals surface area contributed by atoms with E-state index in [1.807, 2.05) is 0 Å². The average molecular weight is 247 g/mol. The highest BCUT2D eigenvalue weighted by atomic mass is 35.5. The Labute approximate surface area is 104 Å². The van der Waals surface area contributed by atoms with Gasteiger partial charge >= 0.3 is 5.97 Å². The highest BCUT2D eigenvalue weighted by molar-refractivity contribution is 6.21. The molecule has 94 valence electrons. The summed E-state index contributed by atoms with van der Waals surface area (Å²) in [6.07, 6.45) is 6.29. The van der Waals surface area contributed by atoms with Crippen LogP contribution in [0.1, 0.15) is 52.4 Å². The van der Waals surface area contributed by atoms with Crippen molar-refractivity contribution in [1.82, 2.24) is 0 Å². The van der Waals surface area contributed by atoms with Crippen LogP contribution in [0.3, 0.4) is 0 Å². The topological polar surface area (TPSA) is 26.3 Å². The molecule has 0 N–H and O–H groups in total. The highest BCUT2D eigenvalue weighted by Gasteiger charge is 2.13. The molecular weight excluding hydrogens is 224 g/mol. The number of carbonyl (C=O) groups is 1. The molecule has 0 aromatic rings. The summed E-state index contributed by atoms with van der Waals surface area (Å²) in [7, 11) is 0. The monoisotopic (exact) mass is 246 g/mol. The van der Waals surface area contributed by atoms with Crippen molar-refractivity contribution in [3.8, 4) is 0 Å². The summed E-state index contributed by atoms with van der Waals surface area (Å²) in [5.74, 6) is -0.318. The number of ether oxygens (including phenoxy) is 1. The summed E-state index contributed by atoms with van der Waals surface area (Å²) in [5, 5.41) is 0.00811. The molecule has 0 radical (unpaired) electrons. The smallest absolute Gasteiger partial charge is 0.333 e. The molecule has 0 aliphatic carbocycles. The Balaban J connectivity index is 3.65. The zero-order valence-corrected chi connectivity index (χ0v) is 11.2. The van der Waals surface area contributed by atoms with E-state index >= 15 is 0 Å². The van der Waals surface area contributed by atoms with E-state index in [-0.39, 0.29) is 11.3 Å². The van der Waals surface area contributed by atoms with Gasteiger partial charge in [0.1, 0.15) is 0 Å². The number of carbonyl (C=O) groups excluding carboxylic acids is 1. The third-order valence-electron chi connectivity index (χ3n) is 2.40. The van der Waals surface area contributed by atoms with Crippen LogP contribution in [0.15, 0.2) is 12.2 Å². The molecule has 0 aliphatic heterocycles. The van der Waals surface area contributed by atoms with E-state index in [0.717, 1.165) is 12.8 Å². The molecule has 0 heterocycles. The molecular formula is C13H23ClO2. The average Bonchev–Trinajstić information content (AvgIpc) is 2.24. The van der Waals surface area contributed by atoms with Crippen molar-refractivity contribution in [3.05, 3.63) is 12.2 Å². The third kappa shape index (κ3) is 7.75. The van der Waals surface area contributed by atoms with E-state index in [9.17, 15) is 4.79 Å². The highest BCUT2D eigenvalue weighted by Crippen LogP contribution is 2.17. The van der Waals surface area contributed by atoms with Crippen LogP contribution in [-0.4, -0.2) is 18.0 Å². The minimum Gasteiger partial charge on any atom is -0.463 e. The van der Waals surface area contributed by atoms with E-state index in [0.29, 0.717) is 18.6 Å². The Kier molecular flexibility index (Phi) is 9.40. The fourth-order valence-corrected chi connectivity index (χ4v) is 1.82. The van der Waals surface area contributed by atoms with Gasteiger partial charge in [-0.2, -0.15) is 0 Å². The third-order valence-corrected chi connectivity index (χ3v) is 2.78. The van der Waals surface area contributed by atoms with Crippen molar-refractivity contribution in [3.63, 3.8) is 0 Å². The predicted octanol–water partition coefficient (Wildman–Crippen LogP) is 4.07. The number of hydrogen-bond donors (Lipinski definition) is 0. The SMILES string of the molecule is C=C(CC(Cl)CCCCCC)C(=O)OCC. The van der Waals surface area contributed by atoms with Gasteiger partial charge in [-0.3, -0.25) is 0 Å². The minimum absolute atomic E-state index is 0.00811. The van der Waals surface area contributed by atoms with Gasteiger partial charge in [-0.15, -0.1) is 11.6 Å². The molecule has 0 amide bonds. The quantitative estimate of drug-likeness (QED) is 0.265. The van der Waals surface area contributed by atoms with E-state index < -0.39 is 0 Å². The molecule has 1 unspecified atom stereocenters. The van der Waals surface area contributed by atoms with Crippen LogP contribution < -0.4 is 0 Å². The lowest BCUT2D eigenvalue weighted by Crippen LogP contribution is -2.11. The fourth-order valence-electron chi connectivity index (χ4n) is 1.48. The number of esters is 1. The first-order valence-corrected chi connectivity index (χ1v) is 6.54. The molecule has 2 nitrogen and oxygen atoms in total. The standard InChI is InChI=1S/C13H23ClO2/c1-4-6-7-8-9-12(14)10-11(3)13(15)16-5-2/h12H,3-10H2,1-2H3. The Bertz CT molecular complexity index is 214. The first-order valence-electron chi connectivity index (χ1n) is 6.10. The molecule has 16 heavy (non-hydrogen) atoms. The largest absolute Gasteiger partial charge is 0.463 e. The van der Waals surface area contributed by atoms with E-state index in [4.69, 9.17) is 16.3 Å². The van der Waals surface area contributed by atoms with Gasteiger partial charge in [-0.25, -0.2) is 4.79 Å². The summed E-state index contributed by atoms with van der Waals surface area (Å²) >= 11 is 6.13. The molecule has 0 rings (SSSR count). The number of rotatable bonds is 9. The molecule has 0 saturated heterocycles. The van der Waals surface area contributed by atoms with Crippen molar-refractivity contribution in [2.24, 2.45) is 0 Å². The minimum atomic E-state index is -0.318. The Hall–Kier alpha value is -0.500. The first kappa shape index (κ1) is 15.5. The first-order chi connectivity index (χ1) is 7.61. The van der Waals surface area contributed by atoms with Gasteiger partial charge in [0, 0.05) is 11.0 Å². The summed E-state index contributed by atoms with van der Waals surface area (Å²) in [5.41, 5.74) is 0.484. The molecule has 0 aliphatic rings. The molecule has 0 saturated carbocycles. The maximum absolute atomic E-state index is 11.3. The second-order valence-electron chi connectivity index (χ2n) is 3.97. The van der Waals surface area contributed by atoms with Gasteiger partial charge in [0.25, 0.3) is 0 Å². The van der Waals surface area contributed by atoms with Crippen LogP contribution in [0.25, 0.3) is 0 Å². The molecule has 0 fully saturated rings. The summed E-state index contributed by atoms with van der Waals surface area (Å²) in [6, 6.07) is 0. The maximum atomic E-state index is 11.3. The number of halogens is 1. The zero-order chi connectivity index (χ0) is 12.4. The van der Waals surface area contributed by atoms with Gasteiger partial charge in [-0.05, 0) is 19.8 Å². The van der Waals surface area contributed by atoms with Crippen LogP contribution >= 0.6 is 11.6 Å². The zero-order valence-electron chi connectivity index (χ0n) is 10.4. The number of unbranched alkanes of at least 4 members (excludes halogenated alkanes) is 3. The van der Waals surface area contributed by atoms with Gasteiger partial charge in [0.15, 0.2) is 0 Å². The van der Waals surface area contributed by atoms with Gasteiger partial charge in [-0.1, -0.05) is 39.2 Å². The predicted molar refractivity (Wildman–Crippen MR) is 68.8 cm³/mol. The van der Waals surface area contributed by atoms with Crippen molar-refractivity contribution >= 4 is 17.6 Å². The lowest BCUT2D eigenvalue weighted by Gasteiger charge is -2.10. The van der Waals surface area contributed by atoms with Crippen LogP contribution in [0, 0.1) is 0 Å². The van der Waals surface area contributed by atoms with Gasteiger partial charge < -0.3 is 4.74 Å². The number of hydrogen-bond acceptors (Lipinski definition) is 2. The van der Waals surface area contributed by atoms with E-state index in [2.05, 4.69) is 13.5 Å². The molecule has 0 spiro atoms. The van der Waals surface area contributed by atoms with E-state index in [1.54, 1.807) is 6.92 Å². The van der Waals surface area contributed by atoms with Crippen molar-refractivity contribution in [2.75, 3.05) is 6.61 Å². The summed E-state index contributed by atoms with van der Waals surface area (Å²) < 4.78 is 4.85. The Morgan fingerprint density at radius 3 is 2.56 bits per heavy atom. The summed E-state index contributed by atoms with van der Waals surface area (Å²) in [6.45, 7) is 8.06. The van der Waals surface area contributed by atoms with Crippen LogP contribution in [0.2, 0.25) is 0 Å². The van der Waals surface area contributed by atoms with Crippen LogP contribution in [0.4, 0.5) is 0 Å². The molecule has 0 aromatic carbocycles. The lowest BCUT2D eigenvalue weighted by molar-refractivity contribution is -0.138. The Morgan fingerprint density at radius 1 is 1.31 bits per heavy atom. The maximum Gasteiger partial charge on any atom is 0.333 e. The molecule has 3 heteroatoms. The second kappa shape index (κ2) is 9.71. The van der Waals surface area contributed by atoms with Crippen LogP contribution in [-0.2, 0) is 9.53 Å². The molecule has 0 aromatic heterocycles. The number of alkyl halides is 1. The van der Waals surface area contributed by atoms with Crippen molar-refractivity contribution in [2.45, 2.75) is 57.7 Å². The summed E-state index contributed by atoms with van der Waals surface area (Å²) in [4.78, 5) is 11.3. The van der Waals surface area contributed by atoms with E-state index in [1.165, 1.54) is 19.3 Å². The van der Waals surface area contributed by atoms with Gasteiger partial charge in [0.05, 0.1) is 6.61 Å². The van der Waals surface area contributed by atoms with Crippen LogP contribution in [0.5, 0.6) is 0 Å². The molecule has 0 bridgehead atoms. The Morgan fingerprint density at radius 2 is 2.00 bits per heavy atom. The van der Waals surface area contributed by atoms with Gasteiger partial charge in [0.2, 0.25) is 0 Å².